The van der Waals surface area contributed by atoms with E-state index in [1.54, 1.807) is 6.07 Å². The van der Waals surface area contributed by atoms with Gasteiger partial charge in [-0.05, 0) is 22.0 Å². The van der Waals surface area contributed by atoms with Crippen molar-refractivity contribution in [3.63, 3.8) is 0 Å². The summed E-state index contributed by atoms with van der Waals surface area (Å²) in [5.41, 5.74) is -1.51. The molecule has 3 nitrogen and oxygen atoms in total. The Morgan fingerprint density at radius 3 is 2.69 bits per heavy atom. The highest BCUT2D eigenvalue weighted by molar-refractivity contribution is 9.10. The molecule has 0 radical (unpaired) electrons. The molecule has 1 rings (SSSR count). The normalized spacial score (nSPS) is 10.1. The Balaban J connectivity index is 3.40. The van der Waals surface area contributed by atoms with Gasteiger partial charge >= 0.3 is 0 Å². The van der Waals surface area contributed by atoms with Crippen molar-refractivity contribution in [3.05, 3.63) is 32.2 Å². The van der Waals surface area contributed by atoms with Crippen molar-refractivity contribution < 1.29 is 8.78 Å². The van der Waals surface area contributed by atoms with Gasteiger partial charge in [0.05, 0.1) is 5.69 Å². The minimum atomic E-state index is -2.77. The van der Waals surface area contributed by atoms with Crippen LogP contribution >= 0.6 is 15.9 Å². The highest BCUT2D eigenvalue weighted by Gasteiger charge is 2.14. The molecule has 0 fully saturated rings. The Bertz CT molecular complexity index is 421. The van der Waals surface area contributed by atoms with E-state index in [4.69, 9.17) is 5.26 Å². The number of nitrogens with one attached hydrogen (secondary N) is 1. The first-order valence-corrected chi connectivity index (χ1v) is 3.96. The lowest BCUT2D eigenvalue weighted by molar-refractivity contribution is 0.145. The maximum Gasteiger partial charge on any atom is 0.279 e. The summed E-state index contributed by atoms with van der Waals surface area (Å²) < 4.78 is 24.3. The number of halogens is 3. The van der Waals surface area contributed by atoms with E-state index in [-0.39, 0.29) is 10.0 Å². The molecule has 0 amide bonds. The fourth-order valence-corrected chi connectivity index (χ4v) is 1.26. The lowest BCUT2D eigenvalue weighted by atomic mass is 10.2. The monoisotopic (exact) mass is 248 g/mol. The summed E-state index contributed by atoms with van der Waals surface area (Å²) in [6.07, 6.45) is -2.77. The number of nitriles is 1. The Kier molecular flexibility index (Phi) is 2.78. The average Bonchev–Trinajstić information content (AvgIpc) is 2.07. The standard InChI is InChI=1S/C7H3BrF2N2O/c8-4-1-3(2-11)7(13)12-5(4)6(9)10/h1,6H,(H,12,13). The maximum absolute atomic E-state index is 12.2. The minimum absolute atomic E-state index is 0.0265. The molecule has 1 aromatic rings. The van der Waals surface area contributed by atoms with Crippen molar-refractivity contribution in [1.82, 2.24) is 4.98 Å². The summed E-state index contributed by atoms with van der Waals surface area (Å²) in [5.74, 6) is 0. The predicted octanol–water partition coefficient (Wildman–Crippen LogP) is 1.95. The number of H-pyrrole nitrogens is 1. The zero-order valence-electron chi connectivity index (χ0n) is 6.14. The molecule has 68 valence electrons. The second-order valence-electron chi connectivity index (χ2n) is 2.19. The minimum Gasteiger partial charge on any atom is -0.319 e. The molecule has 0 aliphatic heterocycles. The van der Waals surface area contributed by atoms with E-state index in [9.17, 15) is 13.6 Å². The quantitative estimate of drug-likeness (QED) is 0.826. The van der Waals surface area contributed by atoms with E-state index in [1.165, 1.54) is 0 Å². The van der Waals surface area contributed by atoms with Crippen LogP contribution in [0.5, 0.6) is 0 Å². The Hall–Kier alpha value is -1.22. The fraction of sp³-hybridized carbons (Fsp3) is 0.143. The van der Waals surface area contributed by atoms with Gasteiger partial charge in [-0.2, -0.15) is 5.26 Å². The van der Waals surface area contributed by atoms with Crippen LogP contribution in [-0.4, -0.2) is 4.98 Å². The van der Waals surface area contributed by atoms with E-state index in [2.05, 4.69) is 15.9 Å². The molecule has 13 heavy (non-hydrogen) atoms. The van der Waals surface area contributed by atoms with Crippen molar-refractivity contribution in [2.75, 3.05) is 0 Å². The summed E-state index contributed by atoms with van der Waals surface area (Å²) in [7, 11) is 0. The van der Waals surface area contributed by atoms with Crippen molar-refractivity contribution in [2.45, 2.75) is 6.43 Å². The van der Waals surface area contributed by atoms with Gasteiger partial charge in [0.2, 0.25) is 0 Å². The zero-order chi connectivity index (χ0) is 10.0. The zero-order valence-corrected chi connectivity index (χ0v) is 7.73. The molecule has 1 aromatic heterocycles. The van der Waals surface area contributed by atoms with Gasteiger partial charge in [0, 0.05) is 4.47 Å². The van der Waals surface area contributed by atoms with E-state index in [1.807, 2.05) is 4.98 Å². The number of aromatic nitrogens is 1. The van der Waals surface area contributed by atoms with Crippen LogP contribution in [0.15, 0.2) is 15.3 Å². The smallest absolute Gasteiger partial charge is 0.279 e. The molecule has 1 N–H and O–H groups in total. The molecule has 0 aliphatic rings. The summed E-state index contributed by atoms with van der Waals surface area (Å²) in [5, 5.41) is 8.39. The molecule has 0 aliphatic carbocycles. The highest BCUT2D eigenvalue weighted by atomic mass is 79.9. The lowest BCUT2D eigenvalue weighted by Crippen LogP contribution is -2.13. The third-order valence-corrected chi connectivity index (χ3v) is 2.02. The van der Waals surface area contributed by atoms with Crippen LogP contribution in [0.25, 0.3) is 0 Å². The van der Waals surface area contributed by atoms with Crippen molar-refractivity contribution in [2.24, 2.45) is 0 Å². The number of nitrogens with zero attached hydrogens (tertiary/aromatic N) is 1. The molecule has 0 aromatic carbocycles. The predicted molar refractivity (Wildman–Crippen MR) is 44.4 cm³/mol. The summed E-state index contributed by atoms with van der Waals surface area (Å²) in [4.78, 5) is 12.8. The van der Waals surface area contributed by atoms with Crippen LogP contribution in [0.3, 0.4) is 0 Å². The van der Waals surface area contributed by atoms with Gasteiger partial charge in [-0.15, -0.1) is 0 Å². The van der Waals surface area contributed by atoms with Gasteiger partial charge in [0.15, 0.2) is 0 Å². The van der Waals surface area contributed by atoms with Crippen LogP contribution in [0.2, 0.25) is 0 Å². The molecule has 0 saturated heterocycles. The molecule has 0 spiro atoms. The molecule has 0 saturated carbocycles. The van der Waals surface area contributed by atoms with Crippen LogP contribution in [0, 0.1) is 11.3 Å². The van der Waals surface area contributed by atoms with Crippen LogP contribution in [0.4, 0.5) is 8.78 Å². The second-order valence-corrected chi connectivity index (χ2v) is 3.04. The Morgan fingerprint density at radius 1 is 1.62 bits per heavy atom. The van der Waals surface area contributed by atoms with E-state index in [0.717, 1.165) is 6.07 Å². The first-order chi connectivity index (χ1) is 6.06. The average molecular weight is 249 g/mol. The Labute approximate surface area is 80.1 Å². The number of aromatic amines is 1. The van der Waals surface area contributed by atoms with Gasteiger partial charge in [-0.1, -0.05) is 0 Å². The van der Waals surface area contributed by atoms with E-state index >= 15 is 0 Å². The summed E-state index contributed by atoms with van der Waals surface area (Å²) in [6, 6.07) is 2.65. The molecule has 1 heterocycles. The Morgan fingerprint density at radius 2 is 2.23 bits per heavy atom. The molecule has 0 atom stereocenters. The van der Waals surface area contributed by atoms with Crippen molar-refractivity contribution in [3.8, 4) is 6.07 Å². The third kappa shape index (κ3) is 1.92. The number of hydrogen-bond donors (Lipinski definition) is 1. The number of rotatable bonds is 1. The number of pyridine rings is 1. The van der Waals surface area contributed by atoms with Gasteiger partial charge in [-0.25, -0.2) is 8.78 Å². The molecule has 0 bridgehead atoms. The molecular formula is C7H3BrF2N2O. The maximum atomic E-state index is 12.2. The van der Waals surface area contributed by atoms with Crippen molar-refractivity contribution in [1.29, 1.82) is 5.26 Å². The molecule has 0 unspecified atom stereocenters. The van der Waals surface area contributed by atoms with Gasteiger partial charge < -0.3 is 4.98 Å². The van der Waals surface area contributed by atoms with Gasteiger partial charge in [0.25, 0.3) is 12.0 Å². The number of alkyl halides is 2. The van der Waals surface area contributed by atoms with Gasteiger partial charge in [0.1, 0.15) is 11.6 Å². The van der Waals surface area contributed by atoms with Crippen LogP contribution in [0.1, 0.15) is 17.7 Å². The first-order valence-electron chi connectivity index (χ1n) is 3.17. The third-order valence-electron chi connectivity index (χ3n) is 1.36. The fourth-order valence-electron chi connectivity index (χ4n) is 0.761. The van der Waals surface area contributed by atoms with Crippen molar-refractivity contribution >= 4 is 15.9 Å². The van der Waals surface area contributed by atoms with Gasteiger partial charge in [-0.3, -0.25) is 4.79 Å². The first kappa shape index (κ1) is 9.86. The van der Waals surface area contributed by atoms with Crippen LogP contribution < -0.4 is 5.56 Å². The highest BCUT2D eigenvalue weighted by Crippen LogP contribution is 2.24. The van der Waals surface area contributed by atoms with E-state index in [0.29, 0.717) is 0 Å². The number of hydrogen-bond acceptors (Lipinski definition) is 2. The summed E-state index contributed by atoms with van der Waals surface area (Å²) in [6.45, 7) is 0. The SMILES string of the molecule is N#Cc1cc(Br)c(C(F)F)[nH]c1=O. The van der Waals surface area contributed by atoms with E-state index < -0.39 is 17.7 Å². The summed E-state index contributed by atoms with van der Waals surface area (Å²) >= 11 is 2.82. The lowest BCUT2D eigenvalue weighted by Gasteiger charge is -2.01. The molecule has 6 heteroatoms. The topological polar surface area (TPSA) is 56.6 Å². The largest absolute Gasteiger partial charge is 0.319 e. The van der Waals surface area contributed by atoms with Crippen LogP contribution in [-0.2, 0) is 0 Å². The molecular weight excluding hydrogens is 246 g/mol. The second kappa shape index (κ2) is 3.66.